The molecule has 2 atom stereocenters. The van der Waals surface area contributed by atoms with E-state index < -0.39 is 0 Å². The maximum absolute atomic E-state index is 11.3. The van der Waals surface area contributed by atoms with Gasteiger partial charge in [0.05, 0.1) is 0 Å². The minimum absolute atomic E-state index is 0.197. The van der Waals surface area contributed by atoms with Gasteiger partial charge in [0.15, 0.2) is 0 Å². The van der Waals surface area contributed by atoms with Crippen molar-refractivity contribution in [1.29, 1.82) is 0 Å². The van der Waals surface area contributed by atoms with E-state index in [2.05, 4.69) is 102 Å². The highest BCUT2D eigenvalue weighted by Gasteiger charge is 2.27. The number of phenolic OH excluding ortho intramolecular Hbond substituents is 2. The van der Waals surface area contributed by atoms with Crippen molar-refractivity contribution in [3.63, 3.8) is 0 Å². The summed E-state index contributed by atoms with van der Waals surface area (Å²) < 4.78 is 0. The summed E-state index contributed by atoms with van der Waals surface area (Å²) in [7, 11) is 0. The highest BCUT2D eigenvalue weighted by atomic mass is 16.3. The first-order chi connectivity index (χ1) is 19.4. The van der Waals surface area contributed by atoms with Crippen molar-refractivity contribution in [3.05, 3.63) is 88.0 Å². The predicted molar refractivity (Wildman–Crippen MR) is 181 cm³/mol. The minimum atomic E-state index is -0.367. The zero-order chi connectivity index (χ0) is 31.4. The molecule has 0 bridgehead atoms. The molecule has 230 valence electrons. The number of nitrogens with zero attached hydrogens (tertiary/aromatic N) is 1. The molecule has 0 aliphatic heterocycles. The van der Waals surface area contributed by atoms with Crippen LogP contribution in [0.1, 0.15) is 115 Å². The summed E-state index contributed by atoms with van der Waals surface area (Å²) in [6, 6.07) is 20.3. The number of aromatic hydroxyl groups is 2. The van der Waals surface area contributed by atoms with Crippen molar-refractivity contribution < 1.29 is 10.2 Å². The Morgan fingerprint density at radius 1 is 0.738 bits per heavy atom. The molecule has 0 aliphatic carbocycles. The zero-order valence-corrected chi connectivity index (χ0v) is 28.3. The molecule has 0 radical (unpaired) electrons. The van der Waals surface area contributed by atoms with Crippen LogP contribution >= 0.6 is 0 Å². The number of hydrogen-bond acceptors (Lipinski definition) is 3. The number of anilines is 1. The lowest BCUT2D eigenvalue weighted by Gasteiger charge is -2.34. The van der Waals surface area contributed by atoms with E-state index in [1.54, 1.807) is 0 Å². The molecule has 0 amide bonds. The molecule has 3 rings (SSSR count). The minimum Gasteiger partial charge on any atom is -0.507 e. The van der Waals surface area contributed by atoms with Gasteiger partial charge < -0.3 is 15.1 Å². The molecule has 0 saturated carbocycles. The average Bonchev–Trinajstić information content (AvgIpc) is 2.85. The fourth-order valence-electron chi connectivity index (χ4n) is 6.55. The van der Waals surface area contributed by atoms with Crippen molar-refractivity contribution in [2.75, 3.05) is 4.90 Å². The Balaban J connectivity index is 1.81. The predicted octanol–water partition coefficient (Wildman–Crippen LogP) is 10.4. The van der Waals surface area contributed by atoms with E-state index in [-0.39, 0.29) is 23.0 Å². The van der Waals surface area contributed by atoms with Gasteiger partial charge >= 0.3 is 0 Å². The van der Waals surface area contributed by atoms with Crippen molar-refractivity contribution >= 4 is 5.69 Å². The van der Waals surface area contributed by atoms with Gasteiger partial charge in [-0.3, -0.25) is 0 Å². The van der Waals surface area contributed by atoms with Gasteiger partial charge in [-0.25, -0.2) is 0 Å². The van der Waals surface area contributed by atoms with Gasteiger partial charge in [-0.15, -0.1) is 0 Å². The van der Waals surface area contributed by atoms with Crippen LogP contribution in [0, 0.1) is 24.2 Å². The van der Waals surface area contributed by atoms with Crippen molar-refractivity contribution in [1.82, 2.24) is 0 Å². The Hall–Kier alpha value is -2.94. The fourth-order valence-corrected chi connectivity index (χ4v) is 6.55. The molecular formula is C39H57NO2. The van der Waals surface area contributed by atoms with Crippen LogP contribution in [0.15, 0.2) is 54.6 Å². The molecule has 0 fully saturated rings. The maximum Gasteiger partial charge on any atom is 0.128 e. The number of phenols is 2. The van der Waals surface area contributed by atoms with Gasteiger partial charge in [-0.2, -0.15) is 0 Å². The molecule has 0 aromatic heterocycles. The van der Waals surface area contributed by atoms with E-state index in [0.29, 0.717) is 29.4 Å². The standard InChI is InChI=1S/C39H57NO2/c1-26(2)20-29(5)40(25-33-22-28(4)36(41)35(37(33)42)39(9,10)11)34-18-16-32(17-19-34)23-31-14-12-30(13-15-31)21-27(3)24-38(6,7)8/h12-19,22,26-27,29,41-42H,20-21,23-25H2,1-11H3. The van der Waals surface area contributed by atoms with E-state index in [1.807, 2.05) is 33.8 Å². The average molecular weight is 572 g/mol. The van der Waals surface area contributed by atoms with Gasteiger partial charge in [-0.05, 0) is 103 Å². The van der Waals surface area contributed by atoms with Crippen molar-refractivity contribution in [2.45, 2.75) is 120 Å². The molecule has 2 N–H and O–H groups in total. The Labute approximate surface area is 257 Å². The summed E-state index contributed by atoms with van der Waals surface area (Å²) in [6.45, 7) is 24.7. The van der Waals surface area contributed by atoms with Crippen LogP contribution in [-0.4, -0.2) is 16.3 Å². The molecule has 3 heteroatoms. The monoisotopic (exact) mass is 571 g/mol. The highest BCUT2D eigenvalue weighted by molar-refractivity contribution is 5.58. The van der Waals surface area contributed by atoms with E-state index >= 15 is 0 Å². The van der Waals surface area contributed by atoms with Crippen molar-refractivity contribution in [3.8, 4) is 11.5 Å². The Kier molecular flexibility index (Phi) is 10.8. The molecule has 3 aromatic rings. The fraction of sp³-hybridized carbons (Fsp3) is 0.538. The topological polar surface area (TPSA) is 43.7 Å². The number of hydrogen-bond donors (Lipinski definition) is 2. The van der Waals surface area contributed by atoms with Crippen LogP contribution < -0.4 is 4.90 Å². The first-order valence-corrected chi connectivity index (χ1v) is 15.9. The molecule has 0 aliphatic rings. The first-order valence-electron chi connectivity index (χ1n) is 15.9. The second-order valence-electron chi connectivity index (χ2n) is 15.5. The second-order valence-corrected chi connectivity index (χ2v) is 15.5. The van der Waals surface area contributed by atoms with Crippen LogP contribution in [0.25, 0.3) is 0 Å². The molecule has 42 heavy (non-hydrogen) atoms. The second kappa shape index (κ2) is 13.6. The molecule has 2 unspecified atom stereocenters. The third kappa shape index (κ3) is 9.28. The summed E-state index contributed by atoms with van der Waals surface area (Å²) in [4.78, 5) is 2.40. The van der Waals surface area contributed by atoms with Crippen molar-refractivity contribution in [2.24, 2.45) is 17.3 Å². The lowest BCUT2D eigenvalue weighted by Crippen LogP contribution is -2.34. The van der Waals surface area contributed by atoms with Crippen LogP contribution in [-0.2, 0) is 24.8 Å². The van der Waals surface area contributed by atoms with Crippen LogP contribution in [0.5, 0.6) is 11.5 Å². The van der Waals surface area contributed by atoms with Gasteiger partial charge in [0, 0.05) is 29.4 Å². The van der Waals surface area contributed by atoms with E-state index in [1.165, 1.54) is 23.1 Å². The highest BCUT2D eigenvalue weighted by Crippen LogP contribution is 2.43. The lowest BCUT2D eigenvalue weighted by atomic mass is 9.83. The normalized spacial score (nSPS) is 13.8. The van der Waals surface area contributed by atoms with Crippen LogP contribution in [0.4, 0.5) is 5.69 Å². The summed E-state index contributed by atoms with van der Waals surface area (Å²) in [5, 5.41) is 22.1. The van der Waals surface area contributed by atoms with Gasteiger partial charge in [0.1, 0.15) is 11.5 Å². The zero-order valence-electron chi connectivity index (χ0n) is 28.3. The van der Waals surface area contributed by atoms with E-state index in [0.717, 1.165) is 36.1 Å². The first kappa shape index (κ1) is 33.6. The third-order valence-electron chi connectivity index (χ3n) is 8.22. The molecule has 3 nitrogen and oxygen atoms in total. The van der Waals surface area contributed by atoms with Crippen LogP contribution in [0.3, 0.4) is 0 Å². The number of benzene rings is 3. The summed E-state index contributed by atoms with van der Waals surface area (Å²) in [5.41, 5.74) is 7.47. The van der Waals surface area contributed by atoms with Gasteiger partial charge in [0.2, 0.25) is 0 Å². The smallest absolute Gasteiger partial charge is 0.128 e. The Morgan fingerprint density at radius 3 is 1.76 bits per heavy atom. The van der Waals surface area contributed by atoms with Gasteiger partial charge in [0.25, 0.3) is 0 Å². The van der Waals surface area contributed by atoms with Crippen LogP contribution in [0.2, 0.25) is 0 Å². The summed E-state index contributed by atoms with van der Waals surface area (Å²) in [6.07, 6.45) is 4.32. The quantitative estimate of drug-likeness (QED) is 0.241. The molecule has 0 heterocycles. The largest absolute Gasteiger partial charge is 0.507 e. The Morgan fingerprint density at radius 2 is 1.26 bits per heavy atom. The maximum atomic E-state index is 11.3. The number of aryl methyl sites for hydroxylation is 1. The van der Waals surface area contributed by atoms with E-state index in [4.69, 9.17) is 0 Å². The van der Waals surface area contributed by atoms with Gasteiger partial charge in [-0.1, -0.05) is 98.7 Å². The summed E-state index contributed by atoms with van der Waals surface area (Å²) >= 11 is 0. The molecule has 0 spiro atoms. The summed E-state index contributed by atoms with van der Waals surface area (Å²) in [5.74, 6) is 1.64. The third-order valence-corrected chi connectivity index (χ3v) is 8.22. The molecule has 3 aromatic carbocycles. The van der Waals surface area contributed by atoms with E-state index in [9.17, 15) is 10.2 Å². The SMILES string of the molecule is Cc1cc(CN(c2ccc(Cc3ccc(CC(C)CC(C)(C)C)cc3)cc2)C(C)CC(C)C)c(O)c(C(C)(C)C)c1O. The number of rotatable bonds is 11. The lowest BCUT2D eigenvalue weighted by molar-refractivity contribution is 0.306. The molecule has 0 saturated heterocycles. The molecular weight excluding hydrogens is 514 g/mol. The Bertz CT molecular complexity index is 1290.